The van der Waals surface area contributed by atoms with Gasteiger partial charge in [0.25, 0.3) is 11.8 Å². The van der Waals surface area contributed by atoms with Crippen LogP contribution < -0.4 is 32.5 Å². The molecule has 0 spiro atoms. The molecule has 4 aliphatic rings. The van der Waals surface area contributed by atoms with Gasteiger partial charge in [-0.3, -0.25) is 14.4 Å². The van der Waals surface area contributed by atoms with Crippen molar-refractivity contribution in [1.82, 2.24) is 10.9 Å². The van der Waals surface area contributed by atoms with E-state index < -0.39 is 0 Å². The summed E-state index contributed by atoms with van der Waals surface area (Å²) in [5.74, 6) is -0.536. The van der Waals surface area contributed by atoms with Crippen LogP contribution in [0.1, 0.15) is 23.6 Å². The van der Waals surface area contributed by atoms with Crippen LogP contribution >= 0.6 is 11.8 Å². The molecule has 7 N–H and O–H groups in total. The van der Waals surface area contributed by atoms with Crippen molar-refractivity contribution in [2.24, 2.45) is 10.2 Å². The number of rotatable bonds is 4. The molecule has 4 aromatic carbocycles. The number of nitrogen functional groups attached to an aromatic ring is 1. The first kappa shape index (κ1) is 32.9. The molecule has 4 aromatic rings. The quantitative estimate of drug-likeness (QED) is 0.109. The van der Waals surface area contributed by atoms with E-state index in [-0.39, 0.29) is 17.7 Å². The van der Waals surface area contributed by atoms with E-state index in [1.807, 2.05) is 121 Å². The third-order valence-electron chi connectivity index (χ3n) is 8.11. The summed E-state index contributed by atoms with van der Waals surface area (Å²) in [6.45, 7) is 1.47. The molecule has 51 heavy (non-hydrogen) atoms. The number of para-hydroxylation sites is 2. The number of carbonyl (C=O) groups is 3. The molecule has 0 bridgehead atoms. The zero-order valence-electron chi connectivity index (χ0n) is 27.4. The number of anilines is 4. The molecule has 4 aliphatic heterocycles. The Morgan fingerprint density at radius 2 is 1.27 bits per heavy atom. The van der Waals surface area contributed by atoms with Gasteiger partial charge in [0.15, 0.2) is 0 Å². The fraction of sp³-hybridized carbons (Fsp3) is 0.0513. The molecule has 0 atom stereocenters. The Hall–Kier alpha value is -6.66. The number of nitrogens with zero attached hydrogens (tertiary/aromatic N) is 2. The van der Waals surface area contributed by atoms with Crippen molar-refractivity contribution >= 4 is 75.1 Å². The Morgan fingerprint density at radius 3 is 1.90 bits per heavy atom. The number of thioether (sulfide) groups is 1. The predicted molar refractivity (Wildman–Crippen MR) is 205 cm³/mol. The lowest BCUT2D eigenvalue weighted by atomic mass is 9.98. The first-order chi connectivity index (χ1) is 24.8. The highest BCUT2D eigenvalue weighted by Gasteiger charge is 2.29. The Bertz CT molecular complexity index is 2250. The molecule has 4 heterocycles. The first-order valence-electron chi connectivity index (χ1n) is 16.0. The number of carbonyl (C=O) groups excluding carboxylic acids is 3. The van der Waals surface area contributed by atoms with Crippen LogP contribution in [-0.2, 0) is 20.8 Å². The van der Waals surface area contributed by atoms with Gasteiger partial charge in [0.05, 0.1) is 28.3 Å². The summed E-state index contributed by atoms with van der Waals surface area (Å²) in [6, 6.07) is 30.8. The van der Waals surface area contributed by atoms with Crippen molar-refractivity contribution < 1.29 is 14.4 Å². The Kier molecular flexibility index (Phi) is 9.31. The normalized spacial score (nSPS) is 18.1. The van der Waals surface area contributed by atoms with Crippen molar-refractivity contribution in [2.75, 3.05) is 21.7 Å². The fourth-order valence-electron chi connectivity index (χ4n) is 5.66. The van der Waals surface area contributed by atoms with Gasteiger partial charge < -0.3 is 21.7 Å². The second-order valence-electron chi connectivity index (χ2n) is 11.8. The number of hydrazone groups is 2. The maximum Gasteiger partial charge on any atom is 0.276 e. The average molecular weight is 693 g/mol. The van der Waals surface area contributed by atoms with Gasteiger partial charge in [-0.2, -0.15) is 10.2 Å². The number of allylic oxidation sites excluding steroid dienone is 2. The zero-order chi connectivity index (χ0) is 35.3. The molecule has 0 fully saturated rings. The maximum atomic E-state index is 12.4. The van der Waals surface area contributed by atoms with Gasteiger partial charge in [-0.05, 0) is 77.4 Å². The number of hydrogen-bond donors (Lipinski definition) is 6. The number of nitrogens with two attached hydrogens (primary N) is 1. The average Bonchev–Trinajstić information content (AvgIpc) is 3.70. The summed E-state index contributed by atoms with van der Waals surface area (Å²) in [4.78, 5) is 36.7. The van der Waals surface area contributed by atoms with E-state index in [9.17, 15) is 14.4 Å². The summed E-state index contributed by atoms with van der Waals surface area (Å²) in [5, 5.41) is 18.4. The lowest BCUT2D eigenvalue weighted by Crippen LogP contribution is -2.19. The molecule has 0 aliphatic carbocycles. The standard InChI is InChI=1S/C21H18N4O2.C18H14N4OS/c1-13(26)22-16-9-6-14(7-10-16)12-19-20(21(27)25-24-19)18-11-8-15-4-2-3-5-17(15)23-18;19-12-6-8-13(9-7-12)24-18-16(17(23)21-22-18)15-10-5-11-3-1-2-4-14(11)20-15/h2-11,23H,12H2,1H3,(H,22,26)(H,25,27);1-10,20H,19H2,(H,21,23)/b20-18-;16-15+. The van der Waals surface area contributed by atoms with Gasteiger partial charge in [-0.25, -0.2) is 10.9 Å². The molecule has 0 unspecified atom stereocenters. The molecule has 252 valence electrons. The third kappa shape index (κ3) is 7.51. The lowest BCUT2D eigenvalue weighted by molar-refractivity contribution is -0.117. The molecule has 11 nitrogen and oxygen atoms in total. The Morgan fingerprint density at radius 1 is 0.706 bits per heavy atom. The van der Waals surface area contributed by atoms with Crippen LogP contribution in [0.4, 0.5) is 22.7 Å². The lowest BCUT2D eigenvalue weighted by Gasteiger charge is -2.17. The maximum absolute atomic E-state index is 12.4. The van der Waals surface area contributed by atoms with Gasteiger partial charge in [-0.1, -0.05) is 72.4 Å². The largest absolute Gasteiger partial charge is 0.399 e. The second-order valence-corrected chi connectivity index (χ2v) is 12.8. The molecule has 0 saturated heterocycles. The number of fused-ring (bicyclic) bond motifs is 2. The summed E-state index contributed by atoms with van der Waals surface area (Å²) in [5.41, 5.74) is 20.6. The predicted octanol–water partition coefficient (Wildman–Crippen LogP) is 6.26. The monoisotopic (exact) mass is 692 g/mol. The number of nitrogens with one attached hydrogen (secondary N) is 5. The molecule has 0 radical (unpaired) electrons. The highest BCUT2D eigenvalue weighted by atomic mass is 32.2. The highest BCUT2D eigenvalue weighted by molar-refractivity contribution is 8.14. The van der Waals surface area contributed by atoms with Crippen molar-refractivity contribution in [2.45, 2.75) is 18.2 Å². The minimum atomic E-state index is -0.216. The first-order valence-corrected chi connectivity index (χ1v) is 16.8. The second kappa shape index (κ2) is 14.4. The van der Waals surface area contributed by atoms with Crippen molar-refractivity contribution in [3.8, 4) is 0 Å². The minimum absolute atomic E-state index is 0.111. The number of hydrogen-bond acceptors (Lipinski definition) is 9. The Labute approximate surface area is 298 Å². The van der Waals surface area contributed by atoms with Crippen LogP contribution in [0.15, 0.2) is 147 Å². The van der Waals surface area contributed by atoms with Gasteiger partial charge in [0.2, 0.25) is 5.91 Å². The van der Waals surface area contributed by atoms with E-state index in [2.05, 4.69) is 37.0 Å². The summed E-state index contributed by atoms with van der Waals surface area (Å²) in [6.07, 6.45) is 8.29. The SMILES string of the molecule is CC(=O)Nc1ccc(CC2=NNC(=O)/C2=C2/C=Cc3ccccc3N2)cc1.Nc1ccc(SC2=NNC(=O)/C2=C2/C=Cc3ccccc3N2)cc1. The van der Waals surface area contributed by atoms with Crippen LogP contribution in [-0.4, -0.2) is 28.5 Å². The van der Waals surface area contributed by atoms with E-state index in [0.717, 1.165) is 50.0 Å². The topological polar surface area (TPSA) is 162 Å². The highest BCUT2D eigenvalue weighted by Crippen LogP contribution is 2.32. The van der Waals surface area contributed by atoms with Crippen LogP contribution in [0.3, 0.4) is 0 Å². The smallest absolute Gasteiger partial charge is 0.276 e. The third-order valence-corrected chi connectivity index (χ3v) is 9.10. The van der Waals surface area contributed by atoms with Crippen molar-refractivity contribution in [1.29, 1.82) is 0 Å². The molecule has 8 rings (SSSR count). The summed E-state index contributed by atoms with van der Waals surface area (Å²) < 4.78 is 0. The van der Waals surface area contributed by atoms with Gasteiger partial charge >= 0.3 is 0 Å². The molecule has 3 amide bonds. The van der Waals surface area contributed by atoms with E-state index in [4.69, 9.17) is 5.73 Å². The van der Waals surface area contributed by atoms with Gasteiger partial charge in [0, 0.05) is 41.0 Å². The van der Waals surface area contributed by atoms with Gasteiger partial charge in [-0.15, -0.1) is 0 Å². The van der Waals surface area contributed by atoms with E-state index in [0.29, 0.717) is 34.0 Å². The number of benzene rings is 4. The van der Waals surface area contributed by atoms with Crippen LogP contribution in [0, 0.1) is 0 Å². The number of amides is 3. The fourth-order valence-corrected chi connectivity index (χ4v) is 6.55. The minimum Gasteiger partial charge on any atom is -0.399 e. The van der Waals surface area contributed by atoms with Crippen LogP contribution in [0.5, 0.6) is 0 Å². The van der Waals surface area contributed by atoms with Crippen LogP contribution in [0.2, 0.25) is 0 Å². The molecule has 12 heteroatoms. The van der Waals surface area contributed by atoms with E-state index >= 15 is 0 Å². The molecule has 0 aromatic heterocycles. The molecular formula is C39H32N8O3S. The summed E-state index contributed by atoms with van der Waals surface area (Å²) >= 11 is 1.43. The van der Waals surface area contributed by atoms with E-state index in [1.54, 1.807) is 0 Å². The van der Waals surface area contributed by atoms with E-state index in [1.165, 1.54) is 18.7 Å². The van der Waals surface area contributed by atoms with Crippen molar-refractivity contribution in [3.63, 3.8) is 0 Å². The van der Waals surface area contributed by atoms with Crippen molar-refractivity contribution in [3.05, 3.63) is 148 Å². The Balaban J connectivity index is 0.000000160. The van der Waals surface area contributed by atoms with Gasteiger partial charge in [0.1, 0.15) is 5.04 Å². The summed E-state index contributed by atoms with van der Waals surface area (Å²) in [7, 11) is 0. The molecule has 0 saturated carbocycles. The molecular weight excluding hydrogens is 661 g/mol. The zero-order valence-corrected chi connectivity index (χ0v) is 28.2. The van der Waals surface area contributed by atoms with Crippen LogP contribution in [0.25, 0.3) is 12.2 Å².